The Balaban J connectivity index is 2.01. The van der Waals surface area contributed by atoms with Gasteiger partial charge in [0.1, 0.15) is 0 Å². The van der Waals surface area contributed by atoms with Gasteiger partial charge in [0.25, 0.3) is 0 Å². The van der Waals surface area contributed by atoms with E-state index in [0.717, 1.165) is 13.0 Å². The van der Waals surface area contributed by atoms with Gasteiger partial charge >= 0.3 is 0 Å². The molecule has 0 bridgehead atoms. The van der Waals surface area contributed by atoms with E-state index >= 15 is 0 Å². The third-order valence-corrected chi connectivity index (χ3v) is 2.37. The molecular weight excluding hydrogens is 170 g/mol. The Morgan fingerprint density at radius 2 is 2.42 bits per heavy atom. The van der Waals surface area contributed by atoms with Crippen molar-refractivity contribution in [3.05, 3.63) is 22.4 Å². The monoisotopic (exact) mass is 181 g/mol. The van der Waals surface area contributed by atoms with E-state index in [4.69, 9.17) is 10.00 Å². The topological polar surface area (TPSA) is 33.0 Å². The largest absolute Gasteiger partial charge is 0.380 e. The molecule has 0 N–H and O–H groups in total. The van der Waals surface area contributed by atoms with Gasteiger partial charge < -0.3 is 4.74 Å². The van der Waals surface area contributed by atoms with Gasteiger partial charge in [-0.05, 0) is 11.4 Å². The summed E-state index contributed by atoms with van der Waals surface area (Å²) in [5.41, 5.74) is 0. The number of thiophene rings is 1. The Morgan fingerprint density at radius 1 is 1.50 bits per heavy atom. The average Bonchev–Trinajstić information content (AvgIpc) is 2.57. The fraction of sp³-hybridized carbons (Fsp3) is 0.444. The molecule has 1 rings (SSSR count). The highest BCUT2D eigenvalue weighted by molar-refractivity contribution is 7.09. The summed E-state index contributed by atoms with van der Waals surface area (Å²) in [5, 5.41) is 10.3. The molecule has 12 heavy (non-hydrogen) atoms. The van der Waals surface area contributed by atoms with Crippen molar-refractivity contribution in [1.29, 1.82) is 5.26 Å². The molecule has 0 unspecified atom stereocenters. The maximum Gasteiger partial charge on any atom is 0.0645 e. The highest BCUT2D eigenvalue weighted by Crippen LogP contribution is 2.08. The van der Waals surface area contributed by atoms with Crippen LogP contribution in [0.3, 0.4) is 0 Å². The van der Waals surface area contributed by atoms with Crippen molar-refractivity contribution in [3.63, 3.8) is 0 Å². The lowest BCUT2D eigenvalue weighted by Gasteiger charge is -1.98. The highest BCUT2D eigenvalue weighted by atomic mass is 32.1. The Hall–Kier alpha value is -0.850. The van der Waals surface area contributed by atoms with Crippen LogP contribution in [0.1, 0.15) is 11.3 Å². The number of hydrogen-bond donors (Lipinski definition) is 0. The van der Waals surface area contributed by atoms with Crippen molar-refractivity contribution >= 4 is 11.3 Å². The van der Waals surface area contributed by atoms with Crippen LogP contribution in [0.5, 0.6) is 0 Å². The minimum atomic E-state index is 0.491. The Bertz CT molecular complexity index is 238. The third-order valence-electron chi connectivity index (χ3n) is 1.43. The summed E-state index contributed by atoms with van der Waals surface area (Å²) in [6.45, 7) is 1.28. The second kappa shape index (κ2) is 5.76. The van der Waals surface area contributed by atoms with Gasteiger partial charge in [-0.15, -0.1) is 11.3 Å². The zero-order valence-electron chi connectivity index (χ0n) is 6.82. The van der Waals surface area contributed by atoms with Crippen molar-refractivity contribution in [2.24, 2.45) is 0 Å². The minimum absolute atomic E-state index is 0.491. The number of nitriles is 1. The molecule has 3 heteroatoms. The van der Waals surface area contributed by atoms with Crippen LogP contribution in [0.2, 0.25) is 0 Å². The standard InChI is InChI=1S/C9H11NOS/c10-5-2-6-11-7-4-9-3-1-8-12-9/h1,3,8H,2,4,6-7H2. The van der Waals surface area contributed by atoms with E-state index in [1.54, 1.807) is 11.3 Å². The van der Waals surface area contributed by atoms with Crippen LogP contribution in [-0.2, 0) is 11.2 Å². The molecule has 1 heterocycles. The molecule has 0 atom stereocenters. The Morgan fingerprint density at radius 3 is 3.08 bits per heavy atom. The lowest BCUT2D eigenvalue weighted by atomic mass is 10.4. The fourth-order valence-corrected chi connectivity index (χ4v) is 1.54. The molecule has 0 spiro atoms. The molecule has 0 aromatic carbocycles. The van der Waals surface area contributed by atoms with E-state index in [0.29, 0.717) is 13.0 Å². The van der Waals surface area contributed by atoms with Gasteiger partial charge in [-0.1, -0.05) is 6.07 Å². The van der Waals surface area contributed by atoms with Gasteiger partial charge in [0.05, 0.1) is 25.7 Å². The second-order valence-electron chi connectivity index (χ2n) is 2.35. The molecule has 0 aliphatic heterocycles. The molecule has 0 saturated carbocycles. The van der Waals surface area contributed by atoms with Gasteiger partial charge in [0, 0.05) is 11.3 Å². The summed E-state index contributed by atoms with van der Waals surface area (Å²) in [4.78, 5) is 1.34. The molecule has 0 aliphatic carbocycles. The van der Waals surface area contributed by atoms with E-state index in [2.05, 4.69) is 11.4 Å². The van der Waals surface area contributed by atoms with E-state index in [1.807, 2.05) is 12.1 Å². The van der Waals surface area contributed by atoms with Crippen LogP contribution in [0.4, 0.5) is 0 Å². The predicted molar refractivity (Wildman–Crippen MR) is 49.1 cm³/mol. The van der Waals surface area contributed by atoms with Crippen molar-refractivity contribution in [2.75, 3.05) is 13.2 Å². The van der Waals surface area contributed by atoms with E-state index in [1.165, 1.54) is 4.88 Å². The average molecular weight is 181 g/mol. The number of ether oxygens (including phenoxy) is 1. The van der Waals surface area contributed by atoms with Crippen LogP contribution in [0.25, 0.3) is 0 Å². The van der Waals surface area contributed by atoms with Gasteiger partial charge in [0.15, 0.2) is 0 Å². The summed E-state index contributed by atoms with van der Waals surface area (Å²) in [7, 11) is 0. The van der Waals surface area contributed by atoms with Crippen molar-refractivity contribution < 1.29 is 4.74 Å². The Labute approximate surface area is 76.4 Å². The SMILES string of the molecule is N#CCCOCCc1cccs1. The number of nitrogens with zero attached hydrogens (tertiary/aromatic N) is 1. The molecule has 0 fully saturated rings. The van der Waals surface area contributed by atoms with Crippen LogP contribution in [0.15, 0.2) is 17.5 Å². The molecule has 0 aliphatic rings. The van der Waals surface area contributed by atoms with Gasteiger partial charge in [-0.2, -0.15) is 5.26 Å². The zero-order valence-corrected chi connectivity index (χ0v) is 7.64. The van der Waals surface area contributed by atoms with Crippen LogP contribution >= 0.6 is 11.3 Å². The van der Waals surface area contributed by atoms with Crippen molar-refractivity contribution in [1.82, 2.24) is 0 Å². The molecule has 1 aromatic heterocycles. The molecule has 2 nitrogen and oxygen atoms in total. The van der Waals surface area contributed by atoms with Crippen molar-refractivity contribution in [3.8, 4) is 6.07 Å². The summed E-state index contributed by atoms with van der Waals surface area (Å²) in [6.07, 6.45) is 1.45. The molecular formula is C9H11NOS. The predicted octanol–water partition coefficient (Wildman–Crippen LogP) is 2.22. The quantitative estimate of drug-likeness (QED) is 0.652. The van der Waals surface area contributed by atoms with Crippen LogP contribution < -0.4 is 0 Å². The number of hydrogen-bond acceptors (Lipinski definition) is 3. The Kier molecular flexibility index (Phi) is 4.43. The lowest BCUT2D eigenvalue weighted by Crippen LogP contribution is -1.98. The maximum absolute atomic E-state index is 8.22. The molecule has 0 amide bonds. The smallest absolute Gasteiger partial charge is 0.0645 e. The van der Waals surface area contributed by atoms with Crippen molar-refractivity contribution in [2.45, 2.75) is 12.8 Å². The van der Waals surface area contributed by atoms with Gasteiger partial charge in [-0.25, -0.2) is 0 Å². The summed E-state index contributed by atoms with van der Waals surface area (Å²) in [6, 6.07) is 6.17. The van der Waals surface area contributed by atoms with E-state index in [-0.39, 0.29) is 0 Å². The second-order valence-corrected chi connectivity index (χ2v) is 3.38. The third kappa shape index (κ3) is 3.51. The molecule has 1 aromatic rings. The highest BCUT2D eigenvalue weighted by Gasteiger charge is 1.92. The molecule has 0 radical (unpaired) electrons. The van der Waals surface area contributed by atoms with Crippen LogP contribution in [-0.4, -0.2) is 13.2 Å². The first-order valence-electron chi connectivity index (χ1n) is 3.90. The minimum Gasteiger partial charge on any atom is -0.380 e. The fourth-order valence-electron chi connectivity index (χ4n) is 0.847. The first kappa shape index (κ1) is 9.24. The summed E-state index contributed by atoms with van der Waals surface area (Å²) >= 11 is 1.74. The van der Waals surface area contributed by atoms with Gasteiger partial charge in [-0.3, -0.25) is 0 Å². The zero-order chi connectivity index (χ0) is 8.65. The normalized spacial score (nSPS) is 9.58. The molecule has 0 saturated heterocycles. The number of rotatable bonds is 5. The van der Waals surface area contributed by atoms with Crippen LogP contribution in [0, 0.1) is 11.3 Å². The first-order valence-corrected chi connectivity index (χ1v) is 4.78. The summed E-state index contributed by atoms with van der Waals surface area (Å²) in [5.74, 6) is 0. The van der Waals surface area contributed by atoms with E-state index < -0.39 is 0 Å². The van der Waals surface area contributed by atoms with E-state index in [9.17, 15) is 0 Å². The first-order chi connectivity index (χ1) is 5.93. The molecule has 64 valence electrons. The van der Waals surface area contributed by atoms with Gasteiger partial charge in [0.2, 0.25) is 0 Å². The summed E-state index contributed by atoms with van der Waals surface area (Å²) < 4.78 is 5.23. The maximum atomic E-state index is 8.22. The lowest BCUT2D eigenvalue weighted by molar-refractivity contribution is 0.143.